The fourth-order valence-corrected chi connectivity index (χ4v) is 2.79. The smallest absolute Gasteiger partial charge is 0.239 e. The van der Waals surface area contributed by atoms with Gasteiger partial charge in [0.15, 0.2) is 0 Å². The van der Waals surface area contributed by atoms with Crippen LogP contribution in [0.4, 0.5) is 0 Å². The average Bonchev–Trinajstić information content (AvgIpc) is 2.35. The van der Waals surface area contributed by atoms with Crippen molar-refractivity contribution < 1.29 is 4.79 Å². The number of nitrogens with one attached hydrogen (secondary N) is 1. The van der Waals surface area contributed by atoms with Crippen LogP contribution in [0.1, 0.15) is 39.5 Å². The molecule has 1 atom stereocenters. The Morgan fingerprint density at radius 3 is 3.00 bits per heavy atom. The number of carbonyl (C=O) groups excluding carboxylic acids is 1. The Balaban J connectivity index is 2.26. The molecule has 1 aliphatic rings. The Hall–Kier alpha value is -0.220. The normalized spacial score (nSPS) is 20.9. The molecule has 1 unspecified atom stereocenters. The monoisotopic (exact) mass is 258 g/mol. The summed E-state index contributed by atoms with van der Waals surface area (Å²) in [5, 5.41) is 3.36. The van der Waals surface area contributed by atoms with Crippen LogP contribution in [-0.2, 0) is 4.79 Å². The van der Waals surface area contributed by atoms with E-state index in [1.807, 2.05) is 16.7 Å². The molecule has 1 aliphatic heterocycles. The van der Waals surface area contributed by atoms with E-state index in [0.717, 1.165) is 45.3 Å². The van der Waals surface area contributed by atoms with Gasteiger partial charge in [-0.2, -0.15) is 11.8 Å². The molecule has 4 heteroatoms. The van der Waals surface area contributed by atoms with Crippen LogP contribution in [-0.4, -0.2) is 48.0 Å². The largest absolute Gasteiger partial charge is 0.341 e. The van der Waals surface area contributed by atoms with Gasteiger partial charge in [0.25, 0.3) is 0 Å². The van der Waals surface area contributed by atoms with Gasteiger partial charge in [0.1, 0.15) is 0 Å². The Morgan fingerprint density at radius 1 is 1.47 bits per heavy atom. The van der Waals surface area contributed by atoms with Crippen molar-refractivity contribution in [1.82, 2.24) is 10.2 Å². The molecule has 0 saturated carbocycles. The van der Waals surface area contributed by atoms with Crippen molar-refractivity contribution in [3.63, 3.8) is 0 Å². The van der Waals surface area contributed by atoms with E-state index < -0.39 is 0 Å². The maximum absolute atomic E-state index is 12.2. The second kappa shape index (κ2) is 8.81. The maximum Gasteiger partial charge on any atom is 0.239 e. The zero-order valence-corrected chi connectivity index (χ0v) is 12.0. The molecule has 0 aromatic rings. The van der Waals surface area contributed by atoms with Crippen LogP contribution < -0.4 is 5.32 Å². The standard InChI is InChI=1S/C13H26N2OS/c1-3-8-14-12-7-5-9-15(13(12)16)10-6-11-17-4-2/h12,14H,3-11H2,1-2H3. The number of carbonyl (C=O) groups is 1. The lowest BCUT2D eigenvalue weighted by molar-refractivity contribution is -0.135. The minimum atomic E-state index is 0.0857. The van der Waals surface area contributed by atoms with Gasteiger partial charge in [0, 0.05) is 13.1 Å². The molecule has 0 aromatic heterocycles. The second-order valence-corrected chi connectivity index (χ2v) is 5.92. The number of thioether (sulfide) groups is 1. The quantitative estimate of drug-likeness (QED) is 0.677. The second-order valence-electron chi connectivity index (χ2n) is 4.52. The summed E-state index contributed by atoms with van der Waals surface area (Å²) in [4.78, 5) is 14.2. The molecule has 1 saturated heterocycles. The maximum atomic E-state index is 12.2. The van der Waals surface area contributed by atoms with Gasteiger partial charge in [-0.3, -0.25) is 4.79 Å². The fourth-order valence-electron chi connectivity index (χ4n) is 2.17. The number of rotatable bonds is 8. The van der Waals surface area contributed by atoms with E-state index in [9.17, 15) is 4.79 Å². The van der Waals surface area contributed by atoms with Crippen LogP contribution in [0.25, 0.3) is 0 Å². The average molecular weight is 258 g/mol. The lowest BCUT2D eigenvalue weighted by Crippen LogP contribution is -2.51. The van der Waals surface area contributed by atoms with Gasteiger partial charge < -0.3 is 10.2 Å². The molecule has 1 rings (SSSR count). The van der Waals surface area contributed by atoms with E-state index in [4.69, 9.17) is 0 Å². The molecule has 0 bridgehead atoms. The van der Waals surface area contributed by atoms with Crippen LogP contribution in [0.3, 0.4) is 0 Å². The molecule has 3 nitrogen and oxygen atoms in total. The van der Waals surface area contributed by atoms with Gasteiger partial charge in [-0.25, -0.2) is 0 Å². The van der Waals surface area contributed by atoms with E-state index in [2.05, 4.69) is 19.2 Å². The summed E-state index contributed by atoms with van der Waals surface area (Å²) in [6.45, 7) is 7.17. The Kier molecular flexibility index (Phi) is 7.69. The predicted octanol–water partition coefficient (Wildman–Crippen LogP) is 2.12. The van der Waals surface area contributed by atoms with Gasteiger partial charge in [0.05, 0.1) is 6.04 Å². The summed E-state index contributed by atoms with van der Waals surface area (Å²) in [6.07, 6.45) is 4.38. The summed E-state index contributed by atoms with van der Waals surface area (Å²) in [5.41, 5.74) is 0. The molecule has 0 aromatic carbocycles. The summed E-state index contributed by atoms with van der Waals surface area (Å²) >= 11 is 1.96. The Bertz CT molecular complexity index is 223. The van der Waals surface area contributed by atoms with Crippen molar-refractivity contribution in [2.24, 2.45) is 0 Å². The summed E-state index contributed by atoms with van der Waals surface area (Å²) in [5.74, 6) is 2.67. The number of piperidine rings is 1. The molecule has 1 amide bonds. The topological polar surface area (TPSA) is 32.3 Å². The number of hydrogen-bond donors (Lipinski definition) is 1. The highest BCUT2D eigenvalue weighted by Crippen LogP contribution is 2.13. The summed E-state index contributed by atoms with van der Waals surface area (Å²) in [6, 6.07) is 0.0857. The first kappa shape index (κ1) is 14.8. The zero-order chi connectivity index (χ0) is 12.5. The van der Waals surface area contributed by atoms with Crippen LogP contribution in [0, 0.1) is 0 Å². The van der Waals surface area contributed by atoms with E-state index in [1.54, 1.807) is 0 Å². The minimum Gasteiger partial charge on any atom is -0.341 e. The Morgan fingerprint density at radius 2 is 2.29 bits per heavy atom. The molecule has 0 aliphatic carbocycles. The number of likely N-dealkylation sites (tertiary alicyclic amines) is 1. The SMILES string of the molecule is CCCNC1CCCN(CCCSCC)C1=O. The third-order valence-corrected chi connectivity index (χ3v) is 4.08. The molecule has 1 N–H and O–H groups in total. The van der Waals surface area contributed by atoms with Crippen molar-refractivity contribution >= 4 is 17.7 Å². The van der Waals surface area contributed by atoms with Crippen molar-refractivity contribution in [2.45, 2.75) is 45.6 Å². The van der Waals surface area contributed by atoms with Gasteiger partial charge in [-0.15, -0.1) is 0 Å². The van der Waals surface area contributed by atoms with E-state index in [1.165, 1.54) is 11.5 Å². The zero-order valence-electron chi connectivity index (χ0n) is 11.2. The van der Waals surface area contributed by atoms with Crippen LogP contribution in [0.5, 0.6) is 0 Å². The molecule has 0 spiro atoms. The van der Waals surface area contributed by atoms with Crippen LogP contribution in [0.2, 0.25) is 0 Å². The first-order valence-electron chi connectivity index (χ1n) is 6.89. The summed E-state index contributed by atoms with van der Waals surface area (Å²) < 4.78 is 0. The lowest BCUT2D eigenvalue weighted by atomic mass is 10.0. The summed E-state index contributed by atoms with van der Waals surface area (Å²) in [7, 11) is 0. The third kappa shape index (κ3) is 5.30. The molecular weight excluding hydrogens is 232 g/mol. The number of nitrogens with zero attached hydrogens (tertiary/aromatic N) is 1. The van der Waals surface area contributed by atoms with Gasteiger partial charge in [0.2, 0.25) is 5.91 Å². The molecule has 0 radical (unpaired) electrons. The molecular formula is C13H26N2OS. The highest BCUT2D eigenvalue weighted by molar-refractivity contribution is 7.99. The highest BCUT2D eigenvalue weighted by Gasteiger charge is 2.27. The lowest BCUT2D eigenvalue weighted by Gasteiger charge is -2.32. The number of hydrogen-bond acceptors (Lipinski definition) is 3. The van der Waals surface area contributed by atoms with Crippen LogP contribution >= 0.6 is 11.8 Å². The molecule has 1 fully saturated rings. The van der Waals surface area contributed by atoms with E-state index in [0.29, 0.717) is 5.91 Å². The first-order chi connectivity index (χ1) is 8.29. The van der Waals surface area contributed by atoms with E-state index >= 15 is 0 Å². The third-order valence-electron chi connectivity index (χ3n) is 3.09. The molecule has 100 valence electrons. The highest BCUT2D eigenvalue weighted by atomic mass is 32.2. The van der Waals surface area contributed by atoms with E-state index in [-0.39, 0.29) is 6.04 Å². The Labute approximate surface area is 110 Å². The predicted molar refractivity (Wildman–Crippen MR) is 75.5 cm³/mol. The minimum absolute atomic E-state index is 0.0857. The van der Waals surface area contributed by atoms with Gasteiger partial charge in [-0.1, -0.05) is 13.8 Å². The van der Waals surface area contributed by atoms with Crippen molar-refractivity contribution in [1.29, 1.82) is 0 Å². The van der Waals surface area contributed by atoms with Crippen molar-refractivity contribution in [2.75, 3.05) is 31.1 Å². The van der Waals surface area contributed by atoms with Crippen molar-refractivity contribution in [3.05, 3.63) is 0 Å². The first-order valence-corrected chi connectivity index (χ1v) is 8.05. The molecule has 17 heavy (non-hydrogen) atoms. The fraction of sp³-hybridized carbons (Fsp3) is 0.923. The van der Waals surface area contributed by atoms with Crippen LogP contribution in [0.15, 0.2) is 0 Å². The van der Waals surface area contributed by atoms with Gasteiger partial charge in [-0.05, 0) is 43.7 Å². The number of amides is 1. The van der Waals surface area contributed by atoms with Gasteiger partial charge >= 0.3 is 0 Å². The molecule has 1 heterocycles. The van der Waals surface area contributed by atoms with Crippen molar-refractivity contribution in [3.8, 4) is 0 Å².